The number of nitrogens with zero attached hydrogens (tertiary/aromatic N) is 2. The summed E-state index contributed by atoms with van der Waals surface area (Å²) in [5, 5.41) is 3.25. The average Bonchev–Trinajstić information content (AvgIpc) is 2.20. The van der Waals surface area contributed by atoms with E-state index in [1.54, 1.807) is 0 Å². The van der Waals surface area contributed by atoms with Crippen molar-refractivity contribution in [1.82, 2.24) is 9.97 Å². The maximum absolute atomic E-state index is 11.4. The number of aromatic nitrogens is 2. The van der Waals surface area contributed by atoms with Gasteiger partial charge in [0.25, 0.3) is 5.91 Å². The summed E-state index contributed by atoms with van der Waals surface area (Å²) < 4.78 is 19.6. The molecule has 0 aromatic carbocycles. The minimum absolute atomic E-state index is 0.0405. The minimum atomic E-state index is -2.01. The Morgan fingerprint density at radius 2 is 2.26 bits per heavy atom. The summed E-state index contributed by atoms with van der Waals surface area (Å²) in [7, 11) is 0. The van der Waals surface area contributed by atoms with Gasteiger partial charge in [-0.2, -0.15) is 0 Å². The standard InChI is InChI=1S/C11H14N4O3S/c12-9(16)7-4-13-8(5-19(17)18)14-10(7)15-11-1-6(2-11)3-11/h4,6H,1-3,5H2,(H2,12,16)(H,17,18)(H,13,14,15). The lowest BCUT2D eigenvalue weighted by molar-refractivity contribution is 0.00175. The van der Waals surface area contributed by atoms with Crippen molar-refractivity contribution in [3.05, 3.63) is 17.6 Å². The molecule has 19 heavy (non-hydrogen) atoms. The van der Waals surface area contributed by atoms with Crippen LogP contribution in [0.2, 0.25) is 0 Å². The number of nitrogens with two attached hydrogens (primary N) is 1. The molecule has 0 saturated heterocycles. The molecule has 0 spiro atoms. The lowest BCUT2D eigenvalue weighted by atomic mass is 9.50. The van der Waals surface area contributed by atoms with Gasteiger partial charge in [0.05, 0.1) is 5.56 Å². The number of anilines is 1. The smallest absolute Gasteiger partial charge is 0.254 e. The molecule has 0 radical (unpaired) electrons. The summed E-state index contributed by atoms with van der Waals surface area (Å²) in [6, 6.07) is 0. The molecule has 102 valence electrons. The number of nitrogens with one attached hydrogen (secondary N) is 1. The molecular weight excluding hydrogens is 268 g/mol. The van der Waals surface area contributed by atoms with Crippen LogP contribution in [-0.2, 0) is 16.8 Å². The summed E-state index contributed by atoms with van der Waals surface area (Å²) in [6.07, 6.45) is 4.55. The first kappa shape index (κ1) is 12.5. The van der Waals surface area contributed by atoms with Gasteiger partial charge in [0.2, 0.25) is 0 Å². The minimum Gasteiger partial charge on any atom is -0.365 e. The third-order valence-electron chi connectivity index (χ3n) is 3.78. The van der Waals surface area contributed by atoms with Crippen LogP contribution >= 0.6 is 0 Å². The monoisotopic (exact) mass is 282 g/mol. The summed E-state index contributed by atoms with van der Waals surface area (Å²) in [5.41, 5.74) is 5.55. The molecule has 7 nitrogen and oxygen atoms in total. The maximum Gasteiger partial charge on any atom is 0.254 e. The van der Waals surface area contributed by atoms with Crippen molar-refractivity contribution in [2.24, 2.45) is 11.7 Å². The van der Waals surface area contributed by atoms with Gasteiger partial charge in [-0.05, 0) is 25.2 Å². The SMILES string of the molecule is NC(=O)c1cnc(CS(=O)O)nc1NC12CC(C1)C2. The van der Waals surface area contributed by atoms with Gasteiger partial charge in [-0.3, -0.25) is 4.79 Å². The lowest BCUT2D eigenvalue weighted by Crippen LogP contribution is -2.63. The highest BCUT2D eigenvalue weighted by atomic mass is 32.2. The molecule has 2 bridgehead atoms. The van der Waals surface area contributed by atoms with Crippen molar-refractivity contribution < 1.29 is 13.6 Å². The second-order valence-electron chi connectivity index (χ2n) is 5.26. The van der Waals surface area contributed by atoms with Crippen LogP contribution < -0.4 is 11.1 Å². The van der Waals surface area contributed by atoms with Crippen molar-refractivity contribution in [3.63, 3.8) is 0 Å². The first-order valence-corrected chi connectivity index (χ1v) is 7.26. The van der Waals surface area contributed by atoms with E-state index in [0.717, 1.165) is 25.2 Å². The predicted octanol–water partition coefficient (Wildman–Crippen LogP) is 0.262. The van der Waals surface area contributed by atoms with E-state index in [1.165, 1.54) is 6.20 Å². The van der Waals surface area contributed by atoms with Crippen LogP contribution in [0, 0.1) is 5.92 Å². The molecule has 1 amide bonds. The molecule has 3 aliphatic carbocycles. The zero-order valence-corrected chi connectivity index (χ0v) is 10.9. The van der Waals surface area contributed by atoms with Crippen LogP contribution in [-0.4, -0.2) is 30.2 Å². The van der Waals surface area contributed by atoms with Crippen LogP contribution in [0.4, 0.5) is 5.82 Å². The van der Waals surface area contributed by atoms with Gasteiger partial charge in [0, 0.05) is 11.7 Å². The zero-order chi connectivity index (χ0) is 13.6. The summed E-state index contributed by atoms with van der Waals surface area (Å²) in [4.78, 5) is 19.4. The normalized spacial score (nSPS) is 29.0. The van der Waals surface area contributed by atoms with E-state index in [1.807, 2.05) is 0 Å². The van der Waals surface area contributed by atoms with Crippen molar-refractivity contribution >= 4 is 22.8 Å². The second kappa shape index (κ2) is 4.24. The topological polar surface area (TPSA) is 118 Å². The van der Waals surface area contributed by atoms with Crippen molar-refractivity contribution in [2.75, 3.05) is 5.32 Å². The van der Waals surface area contributed by atoms with Crippen LogP contribution in [0.5, 0.6) is 0 Å². The van der Waals surface area contributed by atoms with Gasteiger partial charge in [-0.15, -0.1) is 0 Å². The Morgan fingerprint density at radius 3 is 2.74 bits per heavy atom. The maximum atomic E-state index is 11.4. The third kappa shape index (κ3) is 2.21. The zero-order valence-electron chi connectivity index (χ0n) is 10.1. The number of rotatable bonds is 5. The van der Waals surface area contributed by atoms with Gasteiger partial charge in [0.1, 0.15) is 17.4 Å². The Labute approximate surface area is 112 Å². The van der Waals surface area contributed by atoms with Crippen LogP contribution in [0.15, 0.2) is 6.20 Å². The molecule has 0 aliphatic heterocycles. The van der Waals surface area contributed by atoms with E-state index in [4.69, 9.17) is 10.3 Å². The fourth-order valence-electron chi connectivity index (χ4n) is 2.76. The highest BCUT2D eigenvalue weighted by Crippen LogP contribution is 2.58. The summed E-state index contributed by atoms with van der Waals surface area (Å²) in [5.74, 6) is 0.617. The van der Waals surface area contributed by atoms with Gasteiger partial charge in [0.15, 0.2) is 11.1 Å². The number of primary amides is 1. The number of hydrogen-bond acceptors (Lipinski definition) is 5. The molecule has 3 aliphatic rings. The van der Waals surface area contributed by atoms with Gasteiger partial charge in [-0.25, -0.2) is 14.2 Å². The molecule has 1 aromatic heterocycles. The fraction of sp³-hybridized carbons (Fsp3) is 0.545. The van der Waals surface area contributed by atoms with E-state index in [9.17, 15) is 9.00 Å². The van der Waals surface area contributed by atoms with Crippen LogP contribution in [0.1, 0.15) is 35.4 Å². The Hall–Kier alpha value is -1.54. The van der Waals surface area contributed by atoms with E-state index in [-0.39, 0.29) is 22.7 Å². The largest absolute Gasteiger partial charge is 0.365 e. The second-order valence-corrected chi connectivity index (χ2v) is 6.19. The van der Waals surface area contributed by atoms with Crippen LogP contribution in [0.25, 0.3) is 0 Å². The average molecular weight is 282 g/mol. The predicted molar refractivity (Wildman–Crippen MR) is 68.7 cm³/mol. The lowest BCUT2D eigenvalue weighted by Gasteiger charge is -2.62. The number of carbonyl (C=O) groups excluding carboxylic acids is 1. The van der Waals surface area contributed by atoms with E-state index in [2.05, 4.69) is 15.3 Å². The quantitative estimate of drug-likeness (QED) is 0.667. The summed E-state index contributed by atoms with van der Waals surface area (Å²) >= 11 is -2.01. The first-order chi connectivity index (χ1) is 8.97. The van der Waals surface area contributed by atoms with Gasteiger partial charge >= 0.3 is 0 Å². The molecule has 1 aromatic rings. The number of amides is 1. The Kier molecular flexibility index (Phi) is 2.79. The molecule has 3 fully saturated rings. The fourth-order valence-corrected chi connectivity index (χ4v) is 3.12. The highest BCUT2D eigenvalue weighted by molar-refractivity contribution is 7.78. The number of hydrogen-bond donors (Lipinski definition) is 3. The molecule has 1 atom stereocenters. The molecule has 1 heterocycles. The van der Waals surface area contributed by atoms with Gasteiger partial charge < -0.3 is 15.6 Å². The Morgan fingerprint density at radius 1 is 1.58 bits per heavy atom. The van der Waals surface area contributed by atoms with E-state index >= 15 is 0 Å². The third-order valence-corrected chi connectivity index (χ3v) is 4.28. The van der Waals surface area contributed by atoms with Crippen molar-refractivity contribution in [3.8, 4) is 0 Å². The Bertz CT molecular complexity index is 560. The molecule has 4 N–H and O–H groups in total. The van der Waals surface area contributed by atoms with Crippen LogP contribution in [0.3, 0.4) is 0 Å². The van der Waals surface area contributed by atoms with Crippen molar-refractivity contribution in [2.45, 2.75) is 30.6 Å². The molecule has 4 rings (SSSR count). The Balaban J connectivity index is 1.88. The number of carbonyl (C=O) groups is 1. The highest BCUT2D eigenvalue weighted by Gasteiger charge is 2.57. The molecule has 3 saturated carbocycles. The molecule has 8 heteroatoms. The van der Waals surface area contributed by atoms with E-state index < -0.39 is 17.0 Å². The van der Waals surface area contributed by atoms with Crippen molar-refractivity contribution in [1.29, 1.82) is 0 Å². The molecular formula is C11H14N4O3S. The van der Waals surface area contributed by atoms with Gasteiger partial charge in [-0.1, -0.05) is 0 Å². The summed E-state index contributed by atoms with van der Waals surface area (Å²) in [6.45, 7) is 0. The van der Waals surface area contributed by atoms with E-state index in [0.29, 0.717) is 5.82 Å². The molecule has 1 unspecified atom stereocenters. The first-order valence-electron chi connectivity index (χ1n) is 5.99.